The lowest BCUT2D eigenvalue weighted by molar-refractivity contribution is 0.0468. The predicted molar refractivity (Wildman–Crippen MR) is 110 cm³/mol. The third kappa shape index (κ3) is 4.10. The van der Waals surface area contributed by atoms with E-state index in [1.165, 1.54) is 11.3 Å². The molecule has 0 unspecified atom stereocenters. The Balaban J connectivity index is 1.39. The molecule has 0 atom stereocenters. The van der Waals surface area contributed by atoms with Crippen molar-refractivity contribution < 1.29 is 14.6 Å². The molecule has 1 aromatic heterocycles. The van der Waals surface area contributed by atoms with Gasteiger partial charge in [0.15, 0.2) is 0 Å². The van der Waals surface area contributed by atoms with Crippen LogP contribution in [0.2, 0.25) is 0 Å². The quantitative estimate of drug-likeness (QED) is 0.457. The zero-order valence-electron chi connectivity index (χ0n) is 14.9. The Kier molecular flexibility index (Phi) is 5.17. The van der Waals surface area contributed by atoms with Crippen molar-refractivity contribution in [3.8, 4) is 27.4 Å². The van der Waals surface area contributed by atoms with Gasteiger partial charge >= 0.3 is 5.97 Å². The van der Waals surface area contributed by atoms with Gasteiger partial charge in [0, 0.05) is 10.9 Å². The second kappa shape index (κ2) is 8.06. The van der Waals surface area contributed by atoms with Crippen LogP contribution in [-0.2, 0) is 11.3 Å². The number of nitrogens with zero attached hydrogens (tertiary/aromatic N) is 1. The van der Waals surface area contributed by atoms with Gasteiger partial charge in [-0.05, 0) is 35.4 Å². The van der Waals surface area contributed by atoms with E-state index >= 15 is 0 Å². The van der Waals surface area contributed by atoms with Crippen LogP contribution in [-0.4, -0.2) is 16.1 Å². The third-order valence-electron chi connectivity index (χ3n) is 4.24. The van der Waals surface area contributed by atoms with Gasteiger partial charge in [0.25, 0.3) is 0 Å². The standard InChI is InChI=1S/C23H17NO3S/c25-21-12-10-17(11-13-21)16-6-8-19(9-7-16)23(26)27-14-20-15-28-22(24-20)18-4-2-1-3-5-18/h1-13,15,25H,14H2. The zero-order valence-corrected chi connectivity index (χ0v) is 15.7. The van der Waals surface area contributed by atoms with Crippen LogP contribution < -0.4 is 0 Å². The highest BCUT2D eigenvalue weighted by Crippen LogP contribution is 2.24. The summed E-state index contributed by atoms with van der Waals surface area (Å²) < 4.78 is 5.40. The number of aromatic nitrogens is 1. The molecule has 28 heavy (non-hydrogen) atoms. The molecule has 0 aliphatic rings. The number of phenolic OH excluding ortho intramolecular Hbond substituents is 1. The fourth-order valence-electron chi connectivity index (χ4n) is 2.76. The topological polar surface area (TPSA) is 59.4 Å². The molecule has 0 aliphatic carbocycles. The molecule has 4 aromatic rings. The van der Waals surface area contributed by atoms with Crippen molar-refractivity contribution in [3.05, 3.63) is 95.5 Å². The summed E-state index contributed by atoms with van der Waals surface area (Å²) in [7, 11) is 0. The number of thiazole rings is 1. The van der Waals surface area contributed by atoms with E-state index in [1.54, 1.807) is 24.3 Å². The fraction of sp³-hybridized carbons (Fsp3) is 0.0435. The molecule has 3 aromatic carbocycles. The fourth-order valence-corrected chi connectivity index (χ4v) is 3.57. The smallest absolute Gasteiger partial charge is 0.338 e. The number of benzene rings is 3. The second-order valence-electron chi connectivity index (χ2n) is 6.21. The van der Waals surface area contributed by atoms with Crippen molar-refractivity contribution in [1.29, 1.82) is 0 Å². The maximum absolute atomic E-state index is 12.3. The molecule has 1 heterocycles. The van der Waals surface area contributed by atoms with Gasteiger partial charge in [-0.15, -0.1) is 11.3 Å². The first kappa shape index (κ1) is 17.9. The molecule has 1 N–H and O–H groups in total. The van der Waals surface area contributed by atoms with Crippen LogP contribution in [0.3, 0.4) is 0 Å². The third-order valence-corrected chi connectivity index (χ3v) is 5.19. The predicted octanol–water partition coefficient (Wildman–Crippen LogP) is 5.54. The Hall–Kier alpha value is -3.44. The molecular formula is C23H17NO3S. The normalized spacial score (nSPS) is 10.6. The Morgan fingerprint density at radius 1 is 0.857 bits per heavy atom. The molecule has 0 spiro atoms. The Morgan fingerprint density at radius 3 is 2.18 bits per heavy atom. The molecular weight excluding hydrogens is 370 g/mol. The SMILES string of the molecule is O=C(OCc1csc(-c2ccccc2)n1)c1ccc(-c2ccc(O)cc2)cc1. The number of phenols is 1. The molecule has 0 saturated carbocycles. The van der Waals surface area contributed by atoms with Gasteiger partial charge in [-0.25, -0.2) is 9.78 Å². The number of aromatic hydroxyl groups is 1. The van der Waals surface area contributed by atoms with Crippen LogP contribution in [0.4, 0.5) is 0 Å². The van der Waals surface area contributed by atoms with Crippen LogP contribution in [0.1, 0.15) is 16.1 Å². The van der Waals surface area contributed by atoms with E-state index in [4.69, 9.17) is 4.74 Å². The van der Waals surface area contributed by atoms with Crippen LogP contribution >= 0.6 is 11.3 Å². The van der Waals surface area contributed by atoms with Crippen LogP contribution in [0.15, 0.2) is 84.2 Å². The first-order chi connectivity index (χ1) is 13.7. The number of carbonyl (C=O) groups excluding carboxylic acids is 1. The van der Waals surface area contributed by atoms with E-state index in [0.717, 1.165) is 27.4 Å². The molecule has 4 nitrogen and oxygen atoms in total. The highest BCUT2D eigenvalue weighted by molar-refractivity contribution is 7.13. The van der Waals surface area contributed by atoms with Gasteiger partial charge in [-0.2, -0.15) is 0 Å². The molecule has 5 heteroatoms. The lowest BCUT2D eigenvalue weighted by Crippen LogP contribution is -2.05. The monoisotopic (exact) mass is 387 g/mol. The highest BCUT2D eigenvalue weighted by Gasteiger charge is 2.10. The summed E-state index contributed by atoms with van der Waals surface area (Å²) in [5, 5.41) is 12.2. The minimum Gasteiger partial charge on any atom is -0.508 e. The molecule has 4 rings (SSSR count). The summed E-state index contributed by atoms with van der Waals surface area (Å²) in [5.74, 6) is -0.159. The summed E-state index contributed by atoms with van der Waals surface area (Å²) in [6.45, 7) is 0.141. The average Bonchev–Trinajstić information content (AvgIpc) is 3.22. The Morgan fingerprint density at radius 2 is 1.50 bits per heavy atom. The molecule has 138 valence electrons. The number of hydrogen-bond donors (Lipinski definition) is 1. The first-order valence-corrected chi connectivity index (χ1v) is 9.63. The van der Waals surface area contributed by atoms with E-state index in [1.807, 2.05) is 60.0 Å². The van der Waals surface area contributed by atoms with Gasteiger partial charge in [-0.1, -0.05) is 54.6 Å². The van der Waals surface area contributed by atoms with Crippen LogP contribution in [0, 0.1) is 0 Å². The summed E-state index contributed by atoms with van der Waals surface area (Å²) in [6, 6.07) is 24.0. The first-order valence-electron chi connectivity index (χ1n) is 8.75. The summed E-state index contributed by atoms with van der Waals surface area (Å²) in [6.07, 6.45) is 0. The van der Waals surface area contributed by atoms with Crippen molar-refractivity contribution >= 4 is 17.3 Å². The molecule has 0 aliphatic heterocycles. The van der Waals surface area contributed by atoms with Crippen LogP contribution in [0.5, 0.6) is 5.75 Å². The minimum atomic E-state index is -0.383. The van der Waals surface area contributed by atoms with Gasteiger partial charge in [-0.3, -0.25) is 0 Å². The average molecular weight is 387 g/mol. The van der Waals surface area contributed by atoms with E-state index in [-0.39, 0.29) is 18.3 Å². The van der Waals surface area contributed by atoms with Crippen molar-refractivity contribution in [3.63, 3.8) is 0 Å². The largest absolute Gasteiger partial charge is 0.508 e. The lowest BCUT2D eigenvalue weighted by atomic mass is 10.0. The second-order valence-corrected chi connectivity index (χ2v) is 7.07. The molecule has 0 amide bonds. The van der Waals surface area contributed by atoms with Gasteiger partial charge < -0.3 is 9.84 Å². The van der Waals surface area contributed by atoms with E-state index in [2.05, 4.69) is 4.98 Å². The maximum atomic E-state index is 12.3. The Labute approximate surface area is 166 Å². The van der Waals surface area contributed by atoms with Crippen molar-refractivity contribution in [1.82, 2.24) is 4.98 Å². The maximum Gasteiger partial charge on any atom is 0.338 e. The van der Waals surface area contributed by atoms with Crippen molar-refractivity contribution in [2.75, 3.05) is 0 Å². The molecule has 0 fully saturated rings. The van der Waals surface area contributed by atoms with Crippen molar-refractivity contribution in [2.45, 2.75) is 6.61 Å². The molecule has 0 saturated heterocycles. The number of ether oxygens (including phenoxy) is 1. The molecule has 0 bridgehead atoms. The van der Waals surface area contributed by atoms with Gasteiger partial charge in [0.1, 0.15) is 17.4 Å². The number of carbonyl (C=O) groups is 1. The van der Waals surface area contributed by atoms with E-state index < -0.39 is 0 Å². The van der Waals surface area contributed by atoms with Gasteiger partial charge in [0.2, 0.25) is 0 Å². The Bertz CT molecular complexity index is 1070. The zero-order chi connectivity index (χ0) is 19.3. The van der Waals surface area contributed by atoms with E-state index in [0.29, 0.717) is 5.56 Å². The number of esters is 1. The van der Waals surface area contributed by atoms with Crippen molar-refractivity contribution in [2.24, 2.45) is 0 Å². The van der Waals surface area contributed by atoms with Gasteiger partial charge in [0.05, 0.1) is 11.3 Å². The number of rotatable bonds is 5. The molecule has 0 radical (unpaired) electrons. The highest BCUT2D eigenvalue weighted by atomic mass is 32.1. The summed E-state index contributed by atoms with van der Waals surface area (Å²) in [4.78, 5) is 16.8. The lowest BCUT2D eigenvalue weighted by Gasteiger charge is -2.05. The minimum absolute atomic E-state index is 0.141. The van der Waals surface area contributed by atoms with E-state index in [9.17, 15) is 9.90 Å². The van der Waals surface area contributed by atoms with Crippen LogP contribution in [0.25, 0.3) is 21.7 Å². The summed E-state index contributed by atoms with van der Waals surface area (Å²) in [5.41, 5.74) is 4.20. The summed E-state index contributed by atoms with van der Waals surface area (Å²) >= 11 is 1.53. The number of hydrogen-bond acceptors (Lipinski definition) is 5.